The Hall–Kier alpha value is -1.43. The molecule has 0 spiro atoms. The van der Waals surface area contributed by atoms with Crippen LogP contribution in [0.1, 0.15) is 25.7 Å². The quantitative estimate of drug-likeness (QED) is 0.544. The number of carbonyl (C=O) groups excluding carboxylic acids is 2. The van der Waals surface area contributed by atoms with Crippen LogP contribution in [-0.2, 0) is 19.1 Å². The first-order valence-electron chi connectivity index (χ1n) is 5.64. The molecule has 0 aromatic heterocycles. The van der Waals surface area contributed by atoms with Crippen LogP contribution in [0, 0.1) is 0 Å². The third-order valence-corrected chi connectivity index (χ3v) is 3.56. The lowest BCUT2D eigenvalue weighted by atomic mass is 9.99. The zero-order chi connectivity index (χ0) is 12.6. The number of aliphatic carboxylic acids is 1. The molecule has 2 heterocycles. The van der Waals surface area contributed by atoms with E-state index in [9.17, 15) is 14.4 Å². The number of carboxylic acids is 1. The number of carboxylic acid groups (broad SMARTS) is 1. The SMILES string of the molecule is COC(=O)C(C(=O)O)N1C2CCC1CC(=O)C2. The zero-order valence-corrected chi connectivity index (χ0v) is 9.59. The van der Waals surface area contributed by atoms with Crippen molar-refractivity contribution in [3.05, 3.63) is 0 Å². The van der Waals surface area contributed by atoms with Gasteiger partial charge in [0.05, 0.1) is 7.11 Å². The number of hydrogen-bond donors (Lipinski definition) is 1. The summed E-state index contributed by atoms with van der Waals surface area (Å²) in [4.78, 5) is 35.8. The molecule has 3 unspecified atom stereocenters. The van der Waals surface area contributed by atoms with Crippen LogP contribution in [-0.4, -0.2) is 53.0 Å². The highest BCUT2D eigenvalue weighted by Gasteiger charge is 2.48. The van der Waals surface area contributed by atoms with Gasteiger partial charge in [-0.1, -0.05) is 0 Å². The topological polar surface area (TPSA) is 83.9 Å². The number of methoxy groups -OCH3 is 1. The number of Topliss-reactive ketones (excluding diaryl/α,β-unsaturated/α-hetero) is 1. The maximum atomic E-state index is 11.5. The molecule has 6 heteroatoms. The molecule has 0 saturated carbocycles. The molecule has 0 radical (unpaired) electrons. The summed E-state index contributed by atoms with van der Waals surface area (Å²) in [5.74, 6) is -1.81. The van der Waals surface area contributed by atoms with Crippen molar-refractivity contribution in [2.75, 3.05) is 7.11 Å². The van der Waals surface area contributed by atoms with Gasteiger partial charge in [0, 0.05) is 24.9 Å². The minimum Gasteiger partial charge on any atom is -0.480 e. The highest BCUT2D eigenvalue weighted by atomic mass is 16.5. The monoisotopic (exact) mass is 241 g/mol. The third-order valence-electron chi connectivity index (χ3n) is 3.56. The number of esters is 1. The summed E-state index contributed by atoms with van der Waals surface area (Å²) in [6.07, 6.45) is 2.24. The second-order valence-electron chi connectivity index (χ2n) is 4.54. The number of hydrogen-bond acceptors (Lipinski definition) is 5. The highest BCUT2D eigenvalue weighted by Crippen LogP contribution is 2.35. The van der Waals surface area contributed by atoms with Crippen molar-refractivity contribution in [3.63, 3.8) is 0 Å². The molecule has 6 nitrogen and oxygen atoms in total. The molecule has 17 heavy (non-hydrogen) atoms. The van der Waals surface area contributed by atoms with Crippen molar-refractivity contribution in [3.8, 4) is 0 Å². The number of ketones is 1. The van der Waals surface area contributed by atoms with Crippen LogP contribution < -0.4 is 0 Å². The van der Waals surface area contributed by atoms with Gasteiger partial charge in [-0.15, -0.1) is 0 Å². The van der Waals surface area contributed by atoms with E-state index in [4.69, 9.17) is 5.11 Å². The number of fused-ring (bicyclic) bond motifs is 2. The van der Waals surface area contributed by atoms with Crippen molar-refractivity contribution in [1.82, 2.24) is 4.90 Å². The van der Waals surface area contributed by atoms with Crippen LogP contribution >= 0.6 is 0 Å². The maximum absolute atomic E-state index is 11.5. The van der Waals surface area contributed by atoms with E-state index < -0.39 is 18.0 Å². The van der Waals surface area contributed by atoms with Crippen molar-refractivity contribution >= 4 is 17.7 Å². The van der Waals surface area contributed by atoms with E-state index in [1.54, 1.807) is 4.90 Å². The Morgan fingerprint density at radius 1 is 1.35 bits per heavy atom. The van der Waals surface area contributed by atoms with E-state index in [-0.39, 0.29) is 17.9 Å². The molecule has 3 atom stereocenters. The van der Waals surface area contributed by atoms with Gasteiger partial charge in [-0.2, -0.15) is 0 Å². The minimum absolute atomic E-state index is 0.124. The van der Waals surface area contributed by atoms with Crippen LogP contribution in [0.2, 0.25) is 0 Å². The summed E-state index contributed by atoms with van der Waals surface area (Å²) in [6, 6.07) is -1.52. The standard InChI is InChI=1S/C11H15NO5/c1-17-11(16)9(10(14)15)12-6-2-3-7(12)5-8(13)4-6/h6-7,9H,2-5H2,1H3,(H,14,15). The normalized spacial score (nSPS) is 30.1. The average Bonchev–Trinajstić information content (AvgIpc) is 2.52. The minimum atomic E-state index is -1.27. The Labute approximate surface area is 98.5 Å². The molecule has 2 saturated heterocycles. The van der Waals surface area contributed by atoms with E-state index in [0.717, 1.165) is 12.8 Å². The molecule has 2 aliphatic heterocycles. The van der Waals surface area contributed by atoms with Gasteiger partial charge in [-0.25, -0.2) is 9.59 Å². The molecule has 0 aliphatic carbocycles. The predicted octanol–water partition coefficient (Wildman–Crippen LogP) is -0.192. The van der Waals surface area contributed by atoms with Gasteiger partial charge < -0.3 is 9.84 Å². The maximum Gasteiger partial charge on any atom is 0.334 e. The number of piperidine rings is 1. The summed E-state index contributed by atoms with van der Waals surface area (Å²) in [5.41, 5.74) is 0. The fraction of sp³-hybridized carbons (Fsp3) is 0.727. The Kier molecular flexibility index (Phi) is 3.15. The van der Waals surface area contributed by atoms with Gasteiger partial charge in [0.15, 0.2) is 0 Å². The number of carbonyl (C=O) groups is 3. The lowest BCUT2D eigenvalue weighted by molar-refractivity contribution is -0.162. The van der Waals surface area contributed by atoms with Gasteiger partial charge in [-0.3, -0.25) is 9.69 Å². The molecule has 2 bridgehead atoms. The molecular formula is C11H15NO5. The van der Waals surface area contributed by atoms with E-state index in [1.807, 2.05) is 0 Å². The molecule has 0 aromatic rings. The third kappa shape index (κ3) is 2.04. The van der Waals surface area contributed by atoms with Gasteiger partial charge in [0.25, 0.3) is 0 Å². The molecule has 0 amide bonds. The van der Waals surface area contributed by atoms with Gasteiger partial charge >= 0.3 is 11.9 Å². The van der Waals surface area contributed by atoms with Crippen molar-refractivity contribution in [1.29, 1.82) is 0 Å². The van der Waals surface area contributed by atoms with E-state index in [2.05, 4.69) is 4.74 Å². The van der Waals surface area contributed by atoms with Crippen molar-refractivity contribution in [2.45, 2.75) is 43.8 Å². The first-order valence-corrected chi connectivity index (χ1v) is 5.64. The fourth-order valence-corrected chi connectivity index (χ4v) is 2.89. The molecular weight excluding hydrogens is 226 g/mol. The highest BCUT2D eigenvalue weighted by molar-refractivity contribution is 5.98. The molecule has 2 rings (SSSR count). The van der Waals surface area contributed by atoms with E-state index in [0.29, 0.717) is 12.8 Å². The van der Waals surface area contributed by atoms with Crippen LogP contribution in [0.3, 0.4) is 0 Å². The van der Waals surface area contributed by atoms with Gasteiger partial charge in [0.2, 0.25) is 6.04 Å². The van der Waals surface area contributed by atoms with Crippen LogP contribution in [0.25, 0.3) is 0 Å². The van der Waals surface area contributed by atoms with E-state index >= 15 is 0 Å². The summed E-state index contributed by atoms with van der Waals surface area (Å²) >= 11 is 0. The number of ether oxygens (including phenoxy) is 1. The van der Waals surface area contributed by atoms with Crippen LogP contribution in [0.4, 0.5) is 0 Å². The molecule has 1 N–H and O–H groups in total. The lowest BCUT2D eigenvalue weighted by Crippen LogP contribution is -2.55. The van der Waals surface area contributed by atoms with Crippen molar-refractivity contribution < 1.29 is 24.2 Å². The summed E-state index contributed by atoms with van der Waals surface area (Å²) in [5, 5.41) is 9.13. The summed E-state index contributed by atoms with van der Waals surface area (Å²) in [7, 11) is 1.18. The fourth-order valence-electron chi connectivity index (χ4n) is 2.89. The average molecular weight is 241 g/mol. The largest absolute Gasteiger partial charge is 0.480 e. The van der Waals surface area contributed by atoms with E-state index in [1.165, 1.54) is 7.11 Å². The number of rotatable bonds is 3. The molecule has 2 aliphatic rings. The first kappa shape index (κ1) is 12.0. The Balaban J connectivity index is 2.23. The molecule has 0 aromatic carbocycles. The van der Waals surface area contributed by atoms with Gasteiger partial charge in [-0.05, 0) is 12.8 Å². The second kappa shape index (κ2) is 4.44. The summed E-state index contributed by atoms with van der Waals surface area (Å²) in [6.45, 7) is 0. The molecule has 2 fully saturated rings. The summed E-state index contributed by atoms with van der Waals surface area (Å²) < 4.78 is 4.53. The Bertz CT molecular complexity index is 351. The van der Waals surface area contributed by atoms with Gasteiger partial charge in [0.1, 0.15) is 5.78 Å². The zero-order valence-electron chi connectivity index (χ0n) is 9.59. The Morgan fingerprint density at radius 2 is 1.88 bits per heavy atom. The Morgan fingerprint density at radius 3 is 2.29 bits per heavy atom. The lowest BCUT2D eigenvalue weighted by Gasteiger charge is -2.36. The second-order valence-corrected chi connectivity index (χ2v) is 4.54. The first-order chi connectivity index (χ1) is 8.04. The molecule has 94 valence electrons. The van der Waals surface area contributed by atoms with Crippen LogP contribution in [0.5, 0.6) is 0 Å². The smallest absolute Gasteiger partial charge is 0.334 e. The predicted molar refractivity (Wildman–Crippen MR) is 56.3 cm³/mol. The number of nitrogens with zero attached hydrogens (tertiary/aromatic N) is 1. The van der Waals surface area contributed by atoms with Crippen LogP contribution in [0.15, 0.2) is 0 Å². The van der Waals surface area contributed by atoms with Crippen molar-refractivity contribution in [2.24, 2.45) is 0 Å².